The summed E-state index contributed by atoms with van der Waals surface area (Å²) in [6, 6.07) is 9.33. The van der Waals surface area contributed by atoms with E-state index in [9.17, 15) is 14.4 Å². The molecule has 1 N–H and O–H groups in total. The van der Waals surface area contributed by atoms with Crippen molar-refractivity contribution in [2.45, 2.75) is 53.0 Å². The van der Waals surface area contributed by atoms with Crippen LogP contribution in [-0.2, 0) is 16.0 Å². The number of carbonyl (C=O) groups is 3. The van der Waals surface area contributed by atoms with Gasteiger partial charge in [0.25, 0.3) is 11.8 Å². The molecule has 0 atom stereocenters. The highest BCUT2D eigenvalue weighted by Gasteiger charge is 2.38. The van der Waals surface area contributed by atoms with Crippen LogP contribution < -0.4 is 15.1 Å². The maximum atomic E-state index is 15.4. The number of allylic oxidation sites excluding steroid dienone is 1. The van der Waals surface area contributed by atoms with Gasteiger partial charge in [-0.1, -0.05) is 38.1 Å². The number of para-hydroxylation sites is 1. The number of imide groups is 2. The van der Waals surface area contributed by atoms with Gasteiger partial charge in [-0.05, 0) is 69.0 Å². The van der Waals surface area contributed by atoms with Gasteiger partial charge in [0.15, 0.2) is 0 Å². The first-order chi connectivity index (χ1) is 16.6. The van der Waals surface area contributed by atoms with Crippen LogP contribution in [0.1, 0.15) is 57.7 Å². The molecular formula is C28H30FN3O3. The van der Waals surface area contributed by atoms with Crippen molar-refractivity contribution in [3.8, 4) is 0 Å². The zero-order valence-corrected chi connectivity index (χ0v) is 20.7. The summed E-state index contributed by atoms with van der Waals surface area (Å²) < 4.78 is 15.4. The molecule has 2 aliphatic heterocycles. The number of barbiturate groups is 1. The SMILES string of the molecule is CCCN1c2cc(F)c(/C=C3/C(=O)NC(=O)N(c4ccccc4CC)C3=O)cc2C(C)=CC1(C)C. The van der Waals surface area contributed by atoms with Crippen LogP contribution in [0, 0.1) is 5.82 Å². The number of nitrogens with one attached hydrogen (secondary N) is 1. The second-order valence-corrected chi connectivity index (χ2v) is 9.46. The van der Waals surface area contributed by atoms with E-state index in [1.54, 1.807) is 18.2 Å². The molecule has 4 amide bonds. The summed E-state index contributed by atoms with van der Waals surface area (Å²) in [7, 11) is 0. The average Bonchev–Trinajstić information content (AvgIpc) is 2.79. The number of halogens is 1. The van der Waals surface area contributed by atoms with Crippen LogP contribution in [-0.4, -0.2) is 29.9 Å². The molecule has 1 saturated heterocycles. The number of hydrogen-bond acceptors (Lipinski definition) is 4. The van der Waals surface area contributed by atoms with E-state index >= 15 is 4.39 Å². The monoisotopic (exact) mass is 475 g/mol. The summed E-state index contributed by atoms with van der Waals surface area (Å²) in [4.78, 5) is 41.7. The molecule has 4 rings (SSSR count). The van der Waals surface area contributed by atoms with Crippen LogP contribution >= 0.6 is 0 Å². The summed E-state index contributed by atoms with van der Waals surface area (Å²) in [5.74, 6) is -2.16. The highest BCUT2D eigenvalue weighted by Crippen LogP contribution is 2.40. The minimum Gasteiger partial charge on any atom is -0.362 e. The van der Waals surface area contributed by atoms with E-state index in [4.69, 9.17) is 0 Å². The molecule has 2 aromatic rings. The zero-order chi connectivity index (χ0) is 25.5. The summed E-state index contributed by atoms with van der Waals surface area (Å²) in [6.45, 7) is 10.9. The van der Waals surface area contributed by atoms with Gasteiger partial charge in [0.1, 0.15) is 11.4 Å². The predicted molar refractivity (Wildman–Crippen MR) is 137 cm³/mol. The lowest BCUT2D eigenvalue weighted by Crippen LogP contribution is -2.54. The molecule has 0 radical (unpaired) electrons. The fourth-order valence-electron chi connectivity index (χ4n) is 4.92. The Morgan fingerprint density at radius 1 is 1.06 bits per heavy atom. The Labute approximate surface area is 205 Å². The van der Waals surface area contributed by atoms with Crippen LogP contribution in [0.15, 0.2) is 48.0 Å². The Kier molecular flexibility index (Phi) is 6.36. The number of fused-ring (bicyclic) bond motifs is 1. The van der Waals surface area contributed by atoms with Crippen molar-refractivity contribution >= 4 is 40.9 Å². The molecule has 0 spiro atoms. The number of aryl methyl sites for hydroxylation is 1. The van der Waals surface area contributed by atoms with Crippen molar-refractivity contribution in [1.82, 2.24) is 5.32 Å². The van der Waals surface area contributed by atoms with Gasteiger partial charge in [0.2, 0.25) is 0 Å². The van der Waals surface area contributed by atoms with Crippen molar-refractivity contribution in [1.29, 1.82) is 0 Å². The number of urea groups is 1. The second-order valence-electron chi connectivity index (χ2n) is 9.46. The molecule has 7 heteroatoms. The number of benzene rings is 2. The van der Waals surface area contributed by atoms with Crippen molar-refractivity contribution in [2.75, 3.05) is 16.3 Å². The Morgan fingerprint density at radius 3 is 2.46 bits per heavy atom. The van der Waals surface area contributed by atoms with Gasteiger partial charge in [0.05, 0.1) is 11.2 Å². The van der Waals surface area contributed by atoms with Gasteiger partial charge in [-0.3, -0.25) is 14.9 Å². The third-order valence-corrected chi connectivity index (χ3v) is 6.56. The Hall–Kier alpha value is -3.74. The smallest absolute Gasteiger partial charge is 0.335 e. The predicted octanol–water partition coefficient (Wildman–Crippen LogP) is 5.47. The summed E-state index contributed by atoms with van der Waals surface area (Å²) in [5.41, 5.74) is 3.35. The van der Waals surface area contributed by atoms with Gasteiger partial charge in [-0.15, -0.1) is 0 Å². The Balaban J connectivity index is 1.80. The van der Waals surface area contributed by atoms with Gasteiger partial charge < -0.3 is 4.90 Å². The number of hydrogen-bond donors (Lipinski definition) is 1. The topological polar surface area (TPSA) is 69.7 Å². The van der Waals surface area contributed by atoms with Crippen LogP contribution in [0.2, 0.25) is 0 Å². The zero-order valence-electron chi connectivity index (χ0n) is 20.7. The molecule has 35 heavy (non-hydrogen) atoms. The molecule has 2 aromatic carbocycles. The molecule has 182 valence electrons. The highest BCUT2D eigenvalue weighted by molar-refractivity contribution is 6.39. The minimum atomic E-state index is -0.844. The summed E-state index contributed by atoms with van der Waals surface area (Å²) >= 11 is 0. The highest BCUT2D eigenvalue weighted by atomic mass is 19.1. The molecule has 6 nitrogen and oxygen atoms in total. The van der Waals surface area contributed by atoms with Crippen molar-refractivity contribution in [2.24, 2.45) is 0 Å². The van der Waals surface area contributed by atoms with Gasteiger partial charge in [-0.25, -0.2) is 14.1 Å². The lowest BCUT2D eigenvalue weighted by molar-refractivity contribution is -0.122. The second kappa shape index (κ2) is 9.13. The van der Waals surface area contributed by atoms with E-state index < -0.39 is 23.7 Å². The molecule has 2 aliphatic rings. The van der Waals surface area contributed by atoms with Crippen LogP contribution in [0.5, 0.6) is 0 Å². The summed E-state index contributed by atoms with van der Waals surface area (Å²) in [5, 5.41) is 2.22. The van der Waals surface area contributed by atoms with Crippen LogP contribution in [0.25, 0.3) is 11.6 Å². The van der Waals surface area contributed by atoms with Gasteiger partial charge in [0, 0.05) is 23.4 Å². The summed E-state index contributed by atoms with van der Waals surface area (Å²) in [6.07, 6.45) is 4.87. The maximum Gasteiger partial charge on any atom is 0.335 e. The van der Waals surface area contributed by atoms with Gasteiger partial charge >= 0.3 is 6.03 Å². The maximum absolute atomic E-state index is 15.4. The fraction of sp³-hybridized carbons (Fsp3) is 0.321. The average molecular weight is 476 g/mol. The third-order valence-electron chi connectivity index (χ3n) is 6.56. The van der Waals surface area contributed by atoms with E-state index in [0.29, 0.717) is 12.1 Å². The van der Waals surface area contributed by atoms with Crippen molar-refractivity contribution in [3.05, 3.63) is 70.6 Å². The first-order valence-corrected chi connectivity index (χ1v) is 11.9. The lowest BCUT2D eigenvalue weighted by Gasteiger charge is -2.43. The molecule has 2 heterocycles. The number of amides is 4. The third kappa shape index (κ3) is 4.27. The van der Waals surface area contributed by atoms with E-state index in [1.165, 1.54) is 12.1 Å². The number of carbonyl (C=O) groups excluding carboxylic acids is 3. The van der Waals surface area contributed by atoms with E-state index in [0.717, 1.165) is 40.3 Å². The first kappa shape index (κ1) is 24.4. The fourth-order valence-corrected chi connectivity index (χ4v) is 4.92. The molecule has 0 aromatic heterocycles. The van der Waals surface area contributed by atoms with Crippen molar-refractivity contribution < 1.29 is 18.8 Å². The van der Waals surface area contributed by atoms with E-state index in [1.807, 2.05) is 26.0 Å². The molecular weight excluding hydrogens is 445 g/mol. The molecule has 0 unspecified atom stereocenters. The normalized spacial score (nSPS) is 18.5. The van der Waals surface area contributed by atoms with Crippen LogP contribution in [0.3, 0.4) is 0 Å². The Morgan fingerprint density at radius 2 is 1.77 bits per heavy atom. The van der Waals surface area contributed by atoms with Crippen molar-refractivity contribution in [3.63, 3.8) is 0 Å². The number of anilines is 2. The lowest BCUT2D eigenvalue weighted by atomic mass is 9.87. The quantitative estimate of drug-likeness (QED) is 0.460. The van der Waals surface area contributed by atoms with Gasteiger partial charge in [-0.2, -0.15) is 0 Å². The largest absolute Gasteiger partial charge is 0.362 e. The Bertz CT molecular complexity index is 1290. The number of nitrogens with zero attached hydrogens (tertiary/aromatic N) is 2. The minimum absolute atomic E-state index is 0.115. The van der Waals surface area contributed by atoms with E-state index in [-0.39, 0.29) is 16.7 Å². The first-order valence-electron chi connectivity index (χ1n) is 11.9. The molecule has 0 saturated carbocycles. The van der Waals surface area contributed by atoms with E-state index in [2.05, 4.69) is 37.1 Å². The molecule has 0 bridgehead atoms. The molecule has 1 fully saturated rings. The molecule has 0 aliphatic carbocycles. The van der Waals surface area contributed by atoms with Crippen LogP contribution in [0.4, 0.5) is 20.6 Å². The standard InChI is InChI=1S/C28H30FN3O3/c1-6-12-31-24-15-22(29)19(13-20(24)17(3)16-28(31,4)5)14-21-25(33)30-27(35)32(26(21)34)23-11-9-8-10-18(23)7-2/h8-11,13-16H,6-7,12H2,1-5H3,(H,30,33,35)/b21-14-. The number of rotatable bonds is 5.